The lowest BCUT2D eigenvalue weighted by molar-refractivity contribution is 0.0950. The lowest BCUT2D eigenvalue weighted by atomic mass is 9.95. The maximum Gasteiger partial charge on any atom is 0.251 e. The summed E-state index contributed by atoms with van der Waals surface area (Å²) < 4.78 is 0.938. The summed E-state index contributed by atoms with van der Waals surface area (Å²) in [6.07, 6.45) is 3.54. The number of halogens is 1. The summed E-state index contributed by atoms with van der Waals surface area (Å²) in [6.45, 7) is 3.00. The first kappa shape index (κ1) is 13.6. The maximum atomic E-state index is 11.9. The molecular weight excluding hydrogens is 292 g/mol. The first-order valence-electron chi connectivity index (χ1n) is 6.50. The molecule has 0 spiro atoms. The number of carbonyl (C=O) groups is 1. The number of benzene rings is 1. The molecule has 0 atom stereocenters. The van der Waals surface area contributed by atoms with Gasteiger partial charge in [-0.2, -0.15) is 0 Å². The molecule has 2 N–H and O–H groups in total. The molecule has 0 radical (unpaired) electrons. The SMILES string of the molecule is O=C(NCCC1CCNCC1)c1cccc(Br)c1. The van der Waals surface area contributed by atoms with Crippen molar-refractivity contribution in [2.75, 3.05) is 19.6 Å². The zero-order chi connectivity index (χ0) is 12.8. The number of hydrogen-bond acceptors (Lipinski definition) is 2. The van der Waals surface area contributed by atoms with E-state index in [1.54, 1.807) is 0 Å². The highest BCUT2D eigenvalue weighted by Crippen LogP contribution is 2.15. The highest BCUT2D eigenvalue weighted by molar-refractivity contribution is 9.10. The van der Waals surface area contributed by atoms with Crippen LogP contribution in [0.15, 0.2) is 28.7 Å². The van der Waals surface area contributed by atoms with Crippen molar-refractivity contribution in [2.24, 2.45) is 5.92 Å². The zero-order valence-electron chi connectivity index (χ0n) is 10.4. The largest absolute Gasteiger partial charge is 0.352 e. The van der Waals surface area contributed by atoms with Crippen molar-refractivity contribution in [3.05, 3.63) is 34.3 Å². The molecule has 3 nitrogen and oxygen atoms in total. The van der Waals surface area contributed by atoms with E-state index in [2.05, 4.69) is 26.6 Å². The molecule has 1 amide bonds. The number of hydrogen-bond donors (Lipinski definition) is 2. The third-order valence-corrected chi connectivity index (χ3v) is 3.88. The Morgan fingerprint density at radius 3 is 2.89 bits per heavy atom. The number of rotatable bonds is 4. The molecule has 1 saturated heterocycles. The zero-order valence-corrected chi connectivity index (χ0v) is 12.0. The van der Waals surface area contributed by atoms with Gasteiger partial charge < -0.3 is 10.6 Å². The lowest BCUT2D eigenvalue weighted by Crippen LogP contribution is -2.31. The first-order valence-corrected chi connectivity index (χ1v) is 7.29. The molecule has 1 aliphatic heterocycles. The Hall–Kier alpha value is -0.870. The molecule has 1 aromatic rings. The van der Waals surface area contributed by atoms with Crippen LogP contribution in [0.3, 0.4) is 0 Å². The molecule has 0 saturated carbocycles. The topological polar surface area (TPSA) is 41.1 Å². The summed E-state index contributed by atoms with van der Waals surface area (Å²) >= 11 is 3.37. The van der Waals surface area contributed by atoms with Gasteiger partial charge in [0.2, 0.25) is 0 Å². The summed E-state index contributed by atoms with van der Waals surface area (Å²) in [7, 11) is 0. The van der Waals surface area contributed by atoms with Gasteiger partial charge >= 0.3 is 0 Å². The predicted molar refractivity (Wildman–Crippen MR) is 76.7 cm³/mol. The van der Waals surface area contributed by atoms with Crippen LogP contribution in [-0.4, -0.2) is 25.5 Å². The quantitative estimate of drug-likeness (QED) is 0.897. The van der Waals surface area contributed by atoms with Gasteiger partial charge in [0, 0.05) is 16.6 Å². The van der Waals surface area contributed by atoms with Crippen molar-refractivity contribution in [3.63, 3.8) is 0 Å². The van der Waals surface area contributed by atoms with Crippen LogP contribution in [0.4, 0.5) is 0 Å². The maximum absolute atomic E-state index is 11.9. The van der Waals surface area contributed by atoms with E-state index >= 15 is 0 Å². The molecule has 1 heterocycles. The third-order valence-electron chi connectivity index (χ3n) is 3.38. The summed E-state index contributed by atoms with van der Waals surface area (Å²) in [6, 6.07) is 7.49. The van der Waals surface area contributed by atoms with E-state index in [1.807, 2.05) is 24.3 Å². The minimum Gasteiger partial charge on any atom is -0.352 e. The Morgan fingerprint density at radius 1 is 1.39 bits per heavy atom. The van der Waals surface area contributed by atoms with Gasteiger partial charge in [0.1, 0.15) is 0 Å². The molecule has 1 aliphatic rings. The number of amides is 1. The Balaban J connectivity index is 1.74. The molecule has 1 aromatic carbocycles. The van der Waals surface area contributed by atoms with Crippen LogP contribution in [0.2, 0.25) is 0 Å². The van der Waals surface area contributed by atoms with Crippen molar-refractivity contribution >= 4 is 21.8 Å². The molecule has 1 fully saturated rings. The van der Waals surface area contributed by atoms with E-state index in [9.17, 15) is 4.79 Å². The van der Waals surface area contributed by atoms with E-state index in [0.717, 1.165) is 42.0 Å². The van der Waals surface area contributed by atoms with E-state index in [1.165, 1.54) is 12.8 Å². The van der Waals surface area contributed by atoms with Gasteiger partial charge in [0.25, 0.3) is 5.91 Å². The van der Waals surface area contributed by atoms with Gasteiger partial charge in [-0.05, 0) is 56.5 Å². The second kappa shape index (κ2) is 6.90. The van der Waals surface area contributed by atoms with Crippen LogP contribution in [0.1, 0.15) is 29.6 Å². The van der Waals surface area contributed by atoms with Gasteiger partial charge in [0.15, 0.2) is 0 Å². The van der Waals surface area contributed by atoms with Gasteiger partial charge in [-0.3, -0.25) is 4.79 Å². The third kappa shape index (κ3) is 4.10. The van der Waals surface area contributed by atoms with Crippen LogP contribution < -0.4 is 10.6 Å². The Kier molecular flexibility index (Phi) is 5.20. The summed E-state index contributed by atoms with van der Waals surface area (Å²) in [5.41, 5.74) is 0.717. The normalized spacial score (nSPS) is 16.5. The van der Waals surface area contributed by atoms with Crippen molar-refractivity contribution in [3.8, 4) is 0 Å². The summed E-state index contributed by atoms with van der Waals surface area (Å²) in [4.78, 5) is 11.9. The Labute approximate surface area is 116 Å². The average Bonchev–Trinajstić information content (AvgIpc) is 2.40. The molecular formula is C14H19BrN2O. The molecule has 0 unspecified atom stereocenters. The van der Waals surface area contributed by atoms with Crippen molar-refractivity contribution < 1.29 is 4.79 Å². The van der Waals surface area contributed by atoms with E-state index < -0.39 is 0 Å². The first-order chi connectivity index (χ1) is 8.75. The van der Waals surface area contributed by atoms with Crippen molar-refractivity contribution in [2.45, 2.75) is 19.3 Å². The van der Waals surface area contributed by atoms with Gasteiger partial charge in [0.05, 0.1) is 0 Å². The average molecular weight is 311 g/mol. The van der Waals surface area contributed by atoms with Crippen LogP contribution in [0.5, 0.6) is 0 Å². The molecule has 98 valence electrons. The monoisotopic (exact) mass is 310 g/mol. The van der Waals surface area contributed by atoms with E-state index in [0.29, 0.717) is 0 Å². The highest BCUT2D eigenvalue weighted by Gasteiger charge is 2.13. The number of piperidine rings is 1. The molecule has 4 heteroatoms. The molecule has 2 rings (SSSR count). The fourth-order valence-electron chi connectivity index (χ4n) is 2.29. The second-order valence-corrected chi connectivity index (χ2v) is 5.66. The van der Waals surface area contributed by atoms with Gasteiger partial charge in [-0.1, -0.05) is 22.0 Å². The van der Waals surface area contributed by atoms with Crippen molar-refractivity contribution in [1.82, 2.24) is 10.6 Å². The van der Waals surface area contributed by atoms with E-state index in [4.69, 9.17) is 0 Å². The number of nitrogens with one attached hydrogen (secondary N) is 2. The molecule has 0 bridgehead atoms. The smallest absolute Gasteiger partial charge is 0.251 e. The van der Waals surface area contributed by atoms with Crippen LogP contribution in [0.25, 0.3) is 0 Å². The fourth-order valence-corrected chi connectivity index (χ4v) is 2.69. The Morgan fingerprint density at radius 2 is 2.17 bits per heavy atom. The molecule has 0 aliphatic carbocycles. The minimum atomic E-state index is 0.0187. The van der Waals surface area contributed by atoms with Gasteiger partial charge in [-0.25, -0.2) is 0 Å². The van der Waals surface area contributed by atoms with E-state index in [-0.39, 0.29) is 5.91 Å². The van der Waals surface area contributed by atoms with Crippen LogP contribution in [-0.2, 0) is 0 Å². The number of carbonyl (C=O) groups excluding carboxylic acids is 1. The minimum absolute atomic E-state index is 0.0187. The van der Waals surface area contributed by atoms with Gasteiger partial charge in [-0.15, -0.1) is 0 Å². The standard InChI is InChI=1S/C14H19BrN2O/c15-13-3-1-2-12(10-13)14(18)17-9-6-11-4-7-16-8-5-11/h1-3,10-11,16H,4-9H2,(H,17,18). The molecule has 18 heavy (non-hydrogen) atoms. The van der Waals surface area contributed by atoms with Crippen molar-refractivity contribution in [1.29, 1.82) is 0 Å². The summed E-state index contributed by atoms with van der Waals surface area (Å²) in [5.74, 6) is 0.777. The lowest BCUT2D eigenvalue weighted by Gasteiger charge is -2.22. The van der Waals surface area contributed by atoms with Crippen LogP contribution in [0, 0.1) is 5.92 Å². The van der Waals surface area contributed by atoms with Crippen LogP contribution >= 0.6 is 15.9 Å². The summed E-state index contributed by atoms with van der Waals surface area (Å²) in [5, 5.41) is 6.35. The Bertz CT molecular complexity index is 403. The predicted octanol–water partition coefficient (Wildman–Crippen LogP) is 2.57. The highest BCUT2D eigenvalue weighted by atomic mass is 79.9. The molecule has 0 aromatic heterocycles. The fraction of sp³-hybridized carbons (Fsp3) is 0.500. The second-order valence-electron chi connectivity index (χ2n) is 4.75.